The van der Waals surface area contributed by atoms with Crippen molar-refractivity contribution in [1.29, 1.82) is 0 Å². The quantitative estimate of drug-likeness (QED) is 0.766. The molecule has 1 amide bonds. The number of ether oxygens (including phenoxy) is 1. The summed E-state index contributed by atoms with van der Waals surface area (Å²) in [6.45, 7) is 1.06. The zero-order valence-electron chi connectivity index (χ0n) is 10.9. The molecule has 1 aliphatic rings. The van der Waals surface area contributed by atoms with Crippen LogP contribution in [0.5, 0.6) is 0 Å². The highest BCUT2D eigenvalue weighted by Gasteiger charge is 2.16. The van der Waals surface area contributed by atoms with Gasteiger partial charge in [0.2, 0.25) is 5.91 Å². The van der Waals surface area contributed by atoms with Gasteiger partial charge in [-0.05, 0) is 18.8 Å². The van der Waals surface area contributed by atoms with Crippen LogP contribution in [0.2, 0.25) is 0 Å². The Morgan fingerprint density at radius 1 is 1.29 bits per heavy atom. The van der Waals surface area contributed by atoms with Crippen LogP contribution in [0.4, 0.5) is 0 Å². The van der Waals surface area contributed by atoms with Crippen molar-refractivity contribution in [1.82, 2.24) is 5.32 Å². The molecule has 0 aromatic carbocycles. The van der Waals surface area contributed by atoms with E-state index in [4.69, 9.17) is 10.5 Å². The van der Waals surface area contributed by atoms with Crippen molar-refractivity contribution in [2.45, 2.75) is 51.0 Å². The molecule has 4 nitrogen and oxygen atoms in total. The van der Waals surface area contributed by atoms with Gasteiger partial charge in [-0.15, -0.1) is 0 Å². The van der Waals surface area contributed by atoms with Gasteiger partial charge in [0, 0.05) is 13.7 Å². The molecule has 0 bridgehead atoms. The molecule has 0 radical (unpaired) electrons. The molecule has 17 heavy (non-hydrogen) atoms. The molecule has 1 rings (SSSR count). The molecule has 0 aliphatic heterocycles. The van der Waals surface area contributed by atoms with Crippen molar-refractivity contribution < 1.29 is 9.53 Å². The van der Waals surface area contributed by atoms with E-state index in [0.717, 1.165) is 6.54 Å². The Morgan fingerprint density at radius 2 is 1.88 bits per heavy atom. The summed E-state index contributed by atoms with van der Waals surface area (Å²) >= 11 is 0. The number of amides is 1. The topological polar surface area (TPSA) is 64.3 Å². The summed E-state index contributed by atoms with van der Waals surface area (Å²) in [4.78, 5) is 11.6. The van der Waals surface area contributed by atoms with E-state index in [2.05, 4.69) is 5.32 Å². The number of nitrogens with two attached hydrogens (primary N) is 1. The fourth-order valence-corrected chi connectivity index (χ4v) is 2.38. The molecular weight excluding hydrogens is 216 g/mol. The van der Waals surface area contributed by atoms with Gasteiger partial charge in [0.15, 0.2) is 0 Å². The second-order valence-corrected chi connectivity index (χ2v) is 5.02. The van der Waals surface area contributed by atoms with Gasteiger partial charge in [-0.2, -0.15) is 0 Å². The van der Waals surface area contributed by atoms with Crippen LogP contribution in [0, 0.1) is 5.92 Å². The van der Waals surface area contributed by atoms with E-state index in [-0.39, 0.29) is 12.5 Å². The first-order valence-corrected chi connectivity index (χ1v) is 6.76. The smallest absolute Gasteiger partial charge is 0.239 e. The van der Waals surface area contributed by atoms with Crippen molar-refractivity contribution in [2.24, 2.45) is 11.7 Å². The first-order valence-electron chi connectivity index (χ1n) is 6.76. The lowest BCUT2D eigenvalue weighted by molar-refractivity contribution is -0.123. The summed E-state index contributed by atoms with van der Waals surface area (Å²) in [6, 6.07) is -0.534. The van der Waals surface area contributed by atoms with Gasteiger partial charge in [0.05, 0.1) is 6.61 Å². The fraction of sp³-hybridized carbons (Fsp3) is 0.923. The van der Waals surface area contributed by atoms with Crippen LogP contribution in [-0.2, 0) is 9.53 Å². The molecule has 1 atom stereocenters. The van der Waals surface area contributed by atoms with Crippen molar-refractivity contribution in [2.75, 3.05) is 20.3 Å². The molecule has 1 unspecified atom stereocenters. The molecule has 4 heteroatoms. The van der Waals surface area contributed by atoms with Gasteiger partial charge in [-0.25, -0.2) is 0 Å². The summed E-state index contributed by atoms with van der Waals surface area (Å²) in [6.07, 6.45) is 9.12. The molecule has 0 aromatic heterocycles. The Morgan fingerprint density at radius 3 is 2.47 bits per heavy atom. The predicted molar refractivity (Wildman–Crippen MR) is 68.7 cm³/mol. The van der Waals surface area contributed by atoms with Crippen molar-refractivity contribution in [3.63, 3.8) is 0 Å². The average Bonchev–Trinajstić information content (AvgIpc) is 2.27. The van der Waals surface area contributed by atoms with Gasteiger partial charge in [-0.3, -0.25) is 4.79 Å². The minimum atomic E-state index is -0.534. The molecule has 0 saturated heterocycles. The molecule has 0 aromatic rings. The van der Waals surface area contributed by atoms with E-state index < -0.39 is 6.04 Å². The Balaban J connectivity index is 2.20. The molecule has 0 heterocycles. The van der Waals surface area contributed by atoms with Gasteiger partial charge >= 0.3 is 0 Å². The normalized spacial score (nSPS) is 20.4. The van der Waals surface area contributed by atoms with E-state index in [9.17, 15) is 4.79 Å². The first kappa shape index (κ1) is 14.5. The van der Waals surface area contributed by atoms with Crippen molar-refractivity contribution >= 4 is 5.91 Å². The molecule has 100 valence electrons. The number of nitrogens with one attached hydrogen (secondary N) is 1. The highest BCUT2D eigenvalue weighted by Crippen LogP contribution is 2.21. The summed E-state index contributed by atoms with van der Waals surface area (Å²) < 4.78 is 4.87. The molecule has 3 N–H and O–H groups in total. The van der Waals surface area contributed by atoms with Gasteiger partial charge in [0.1, 0.15) is 6.04 Å². The van der Waals surface area contributed by atoms with Crippen LogP contribution in [-0.4, -0.2) is 32.2 Å². The number of methoxy groups -OCH3 is 1. The lowest BCUT2D eigenvalue weighted by atomic mass is 9.91. The minimum absolute atomic E-state index is 0.0890. The van der Waals surface area contributed by atoms with E-state index in [1.54, 1.807) is 7.11 Å². The number of hydrogen-bond acceptors (Lipinski definition) is 3. The highest BCUT2D eigenvalue weighted by atomic mass is 16.5. The largest absolute Gasteiger partial charge is 0.383 e. The van der Waals surface area contributed by atoms with Crippen LogP contribution in [0.3, 0.4) is 0 Å². The fourth-order valence-electron chi connectivity index (χ4n) is 2.38. The van der Waals surface area contributed by atoms with E-state index in [0.29, 0.717) is 5.92 Å². The third-order valence-electron chi connectivity index (χ3n) is 3.47. The van der Waals surface area contributed by atoms with Gasteiger partial charge in [-0.1, -0.05) is 32.1 Å². The van der Waals surface area contributed by atoms with Crippen LogP contribution < -0.4 is 11.1 Å². The van der Waals surface area contributed by atoms with Crippen LogP contribution >= 0.6 is 0 Å². The Bertz CT molecular complexity index is 213. The molecule has 1 saturated carbocycles. The number of rotatable bonds is 5. The lowest BCUT2D eigenvalue weighted by Crippen LogP contribution is -2.44. The van der Waals surface area contributed by atoms with E-state index >= 15 is 0 Å². The van der Waals surface area contributed by atoms with Crippen LogP contribution in [0.15, 0.2) is 0 Å². The van der Waals surface area contributed by atoms with Crippen LogP contribution in [0.1, 0.15) is 44.9 Å². The summed E-state index contributed by atoms with van der Waals surface area (Å²) in [7, 11) is 1.56. The van der Waals surface area contributed by atoms with E-state index in [1.165, 1.54) is 44.9 Å². The molecule has 0 spiro atoms. The number of carbonyl (C=O) groups excluding carboxylic acids is 1. The maximum absolute atomic E-state index is 11.6. The van der Waals surface area contributed by atoms with Gasteiger partial charge in [0.25, 0.3) is 0 Å². The number of hydrogen-bond donors (Lipinski definition) is 2. The maximum atomic E-state index is 11.6. The summed E-state index contributed by atoms with van der Waals surface area (Å²) in [5.74, 6) is 0.544. The third kappa shape index (κ3) is 6.03. The Hall–Kier alpha value is -0.610. The van der Waals surface area contributed by atoms with Gasteiger partial charge < -0.3 is 15.8 Å². The van der Waals surface area contributed by atoms with Crippen molar-refractivity contribution in [3.8, 4) is 0 Å². The average molecular weight is 242 g/mol. The SMILES string of the molecule is COCC(N)C(=O)NCC1CCCCCCC1. The monoisotopic (exact) mass is 242 g/mol. The summed E-state index contributed by atoms with van der Waals surface area (Å²) in [5, 5.41) is 2.94. The zero-order chi connectivity index (χ0) is 12.5. The second-order valence-electron chi connectivity index (χ2n) is 5.02. The predicted octanol–water partition coefficient (Wildman–Crippen LogP) is 1.44. The highest BCUT2D eigenvalue weighted by molar-refractivity contribution is 5.81. The zero-order valence-corrected chi connectivity index (χ0v) is 10.9. The number of carbonyl (C=O) groups is 1. The second kappa shape index (κ2) is 8.48. The minimum Gasteiger partial charge on any atom is -0.383 e. The van der Waals surface area contributed by atoms with Crippen molar-refractivity contribution in [3.05, 3.63) is 0 Å². The molecule has 1 fully saturated rings. The maximum Gasteiger partial charge on any atom is 0.239 e. The molecular formula is C13H26N2O2. The standard InChI is InChI=1S/C13H26N2O2/c1-17-10-12(14)13(16)15-9-11-7-5-3-2-4-6-8-11/h11-12H,2-10,14H2,1H3,(H,15,16). The Kier molecular flexibility index (Phi) is 7.21. The van der Waals surface area contributed by atoms with E-state index in [1.807, 2.05) is 0 Å². The first-order chi connectivity index (χ1) is 8.24. The molecule has 1 aliphatic carbocycles. The Labute approximate surface area is 104 Å². The van der Waals surface area contributed by atoms with Crippen LogP contribution in [0.25, 0.3) is 0 Å². The summed E-state index contributed by atoms with van der Waals surface area (Å²) in [5.41, 5.74) is 5.66. The third-order valence-corrected chi connectivity index (χ3v) is 3.47. The lowest BCUT2D eigenvalue weighted by Gasteiger charge is -2.21.